The van der Waals surface area contributed by atoms with Crippen molar-refractivity contribution in [3.05, 3.63) is 18.2 Å². The Morgan fingerprint density at radius 3 is 2.31 bits per heavy atom. The van der Waals surface area contributed by atoms with E-state index in [1.54, 1.807) is 21.3 Å². The number of ether oxygens (including phenoxy) is 3. The minimum atomic E-state index is -0.677. The summed E-state index contributed by atoms with van der Waals surface area (Å²) in [4.78, 5) is 15.0. The van der Waals surface area contributed by atoms with Crippen LogP contribution in [-0.4, -0.2) is 65.6 Å². The predicted octanol–water partition coefficient (Wildman–Crippen LogP) is 2.26. The van der Waals surface area contributed by atoms with Gasteiger partial charge in [-0.25, -0.2) is 0 Å². The van der Waals surface area contributed by atoms with Crippen molar-refractivity contribution in [2.24, 2.45) is 5.92 Å². The first kappa shape index (κ1) is 25.6. The molecule has 7 nitrogen and oxygen atoms in total. The minimum absolute atomic E-state index is 0. The number of hydrogen-bond donors (Lipinski definition) is 2. The van der Waals surface area contributed by atoms with Crippen LogP contribution in [0.25, 0.3) is 0 Å². The summed E-state index contributed by atoms with van der Waals surface area (Å²) in [7, 11) is 4.96. The lowest BCUT2D eigenvalue weighted by Crippen LogP contribution is -2.54. The van der Waals surface area contributed by atoms with Crippen LogP contribution in [0, 0.1) is 5.92 Å². The molecule has 2 saturated heterocycles. The highest BCUT2D eigenvalue weighted by Gasteiger charge is 2.39. The van der Waals surface area contributed by atoms with Gasteiger partial charge in [-0.05, 0) is 38.3 Å². The van der Waals surface area contributed by atoms with Crippen molar-refractivity contribution in [2.45, 2.75) is 24.9 Å². The molecule has 2 aliphatic rings. The van der Waals surface area contributed by atoms with Crippen molar-refractivity contribution in [2.75, 3.05) is 59.0 Å². The van der Waals surface area contributed by atoms with Crippen molar-refractivity contribution in [3.63, 3.8) is 0 Å². The molecule has 1 aromatic rings. The van der Waals surface area contributed by atoms with E-state index >= 15 is 0 Å². The van der Waals surface area contributed by atoms with Crippen LogP contribution in [-0.2, 0) is 9.53 Å². The van der Waals surface area contributed by atoms with Crippen LogP contribution in [0.5, 0.6) is 11.5 Å². The molecule has 2 fully saturated rings. The monoisotopic (exact) mass is 449 g/mol. The Kier molecular flexibility index (Phi) is 10.3. The second-order valence-electron chi connectivity index (χ2n) is 7.33. The lowest BCUT2D eigenvalue weighted by molar-refractivity contribution is -0.146. The van der Waals surface area contributed by atoms with Gasteiger partial charge in [0.2, 0.25) is 0 Å². The van der Waals surface area contributed by atoms with Gasteiger partial charge in [0, 0.05) is 50.6 Å². The van der Waals surface area contributed by atoms with E-state index in [1.165, 1.54) is 0 Å². The first-order valence-electron chi connectivity index (χ1n) is 9.62. The van der Waals surface area contributed by atoms with Gasteiger partial charge in [-0.3, -0.25) is 4.79 Å². The topological polar surface area (TPSA) is 72.1 Å². The van der Waals surface area contributed by atoms with Crippen molar-refractivity contribution >= 4 is 36.4 Å². The smallest absolute Gasteiger partial charge is 0.252 e. The van der Waals surface area contributed by atoms with Gasteiger partial charge in [0.1, 0.15) is 17.1 Å². The molecule has 2 aliphatic heterocycles. The van der Waals surface area contributed by atoms with E-state index in [1.807, 2.05) is 18.2 Å². The molecule has 2 heterocycles. The molecule has 0 radical (unpaired) electrons. The molecule has 0 bridgehead atoms. The molecule has 29 heavy (non-hydrogen) atoms. The number of nitrogens with zero attached hydrogens (tertiary/aromatic N) is 1. The van der Waals surface area contributed by atoms with E-state index in [0.29, 0.717) is 12.5 Å². The largest absolute Gasteiger partial charge is 0.497 e. The summed E-state index contributed by atoms with van der Waals surface area (Å²) in [6.45, 7) is 4.16. The predicted molar refractivity (Wildman–Crippen MR) is 119 cm³/mol. The maximum atomic E-state index is 12.7. The molecule has 1 atom stereocenters. The van der Waals surface area contributed by atoms with E-state index < -0.39 is 5.60 Å². The second kappa shape index (κ2) is 11.7. The first-order chi connectivity index (χ1) is 13.1. The zero-order chi connectivity index (χ0) is 19.3. The lowest BCUT2D eigenvalue weighted by Gasteiger charge is -2.35. The van der Waals surface area contributed by atoms with Crippen LogP contribution in [0.15, 0.2) is 18.2 Å². The zero-order valence-corrected chi connectivity index (χ0v) is 19.0. The SMILES string of the molecule is COc1cc(OC)cc(N2CCC(CNC(=O)C3(OC)CCNCC3)C2)c1.Cl.Cl. The fourth-order valence-electron chi connectivity index (χ4n) is 3.96. The van der Waals surface area contributed by atoms with Crippen LogP contribution in [0.1, 0.15) is 19.3 Å². The number of anilines is 1. The number of benzene rings is 1. The molecular weight excluding hydrogens is 417 g/mol. The normalized spacial score (nSPS) is 20.2. The molecule has 0 aliphatic carbocycles. The van der Waals surface area contributed by atoms with Gasteiger partial charge in [0.15, 0.2) is 0 Å². The van der Waals surface area contributed by atoms with Gasteiger partial charge in [-0.2, -0.15) is 0 Å². The Hall–Kier alpha value is -1.41. The summed E-state index contributed by atoms with van der Waals surface area (Å²) in [6.07, 6.45) is 2.48. The van der Waals surface area contributed by atoms with Gasteiger partial charge < -0.3 is 29.7 Å². The molecule has 0 aromatic heterocycles. The minimum Gasteiger partial charge on any atom is -0.497 e. The van der Waals surface area contributed by atoms with E-state index in [2.05, 4.69) is 15.5 Å². The van der Waals surface area contributed by atoms with Crippen molar-refractivity contribution < 1.29 is 19.0 Å². The summed E-state index contributed by atoms with van der Waals surface area (Å²) in [5.74, 6) is 2.01. The standard InChI is InChI=1S/C20H31N3O4.2ClH/c1-25-17-10-16(11-18(12-17)26-2)23-9-4-15(14-23)13-22-19(24)20(27-3)5-7-21-8-6-20;;/h10-12,15,21H,4-9,13-14H2,1-3H3,(H,22,24);2*1H. The molecule has 1 unspecified atom stereocenters. The fourth-order valence-corrected chi connectivity index (χ4v) is 3.96. The highest BCUT2D eigenvalue weighted by molar-refractivity contribution is 5.86. The van der Waals surface area contributed by atoms with E-state index in [-0.39, 0.29) is 30.7 Å². The van der Waals surface area contributed by atoms with Crippen LogP contribution in [0.3, 0.4) is 0 Å². The zero-order valence-electron chi connectivity index (χ0n) is 17.4. The van der Waals surface area contributed by atoms with Gasteiger partial charge in [0.25, 0.3) is 5.91 Å². The molecule has 1 aromatic carbocycles. The molecule has 0 spiro atoms. The molecule has 3 rings (SSSR count). The van der Waals surface area contributed by atoms with E-state index in [9.17, 15) is 4.79 Å². The van der Waals surface area contributed by atoms with Gasteiger partial charge in [-0.15, -0.1) is 24.8 Å². The number of carbonyl (C=O) groups excluding carboxylic acids is 1. The Morgan fingerprint density at radius 2 is 1.76 bits per heavy atom. The third-order valence-electron chi connectivity index (χ3n) is 5.75. The fraction of sp³-hybridized carbons (Fsp3) is 0.650. The number of carbonyl (C=O) groups is 1. The second-order valence-corrected chi connectivity index (χ2v) is 7.33. The molecule has 166 valence electrons. The van der Waals surface area contributed by atoms with Gasteiger partial charge in [0.05, 0.1) is 14.2 Å². The number of halogens is 2. The van der Waals surface area contributed by atoms with Crippen LogP contribution >= 0.6 is 24.8 Å². The maximum Gasteiger partial charge on any atom is 0.252 e. The highest BCUT2D eigenvalue weighted by Crippen LogP contribution is 2.31. The Morgan fingerprint density at radius 1 is 1.14 bits per heavy atom. The van der Waals surface area contributed by atoms with Crippen molar-refractivity contribution in [3.8, 4) is 11.5 Å². The van der Waals surface area contributed by atoms with Gasteiger partial charge in [-0.1, -0.05) is 0 Å². The number of methoxy groups -OCH3 is 3. The van der Waals surface area contributed by atoms with Crippen molar-refractivity contribution in [1.82, 2.24) is 10.6 Å². The summed E-state index contributed by atoms with van der Waals surface area (Å²) in [5.41, 5.74) is 0.413. The Labute approximate surface area is 185 Å². The first-order valence-corrected chi connectivity index (χ1v) is 9.62. The summed E-state index contributed by atoms with van der Waals surface area (Å²) in [5, 5.41) is 6.42. The average molecular weight is 450 g/mol. The third-order valence-corrected chi connectivity index (χ3v) is 5.75. The highest BCUT2D eigenvalue weighted by atomic mass is 35.5. The van der Waals surface area contributed by atoms with Crippen LogP contribution < -0.4 is 25.0 Å². The summed E-state index contributed by atoms with van der Waals surface area (Å²) >= 11 is 0. The van der Waals surface area contributed by atoms with Gasteiger partial charge >= 0.3 is 0 Å². The third kappa shape index (κ3) is 6.04. The number of piperidine rings is 1. The molecule has 2 N–H and O–H groups in total. The lowest BCUT2D eigenvalue weighted by atomic mass is 9.91. The number of hydrogen-bond acceptors (Lipinski definition) is 6. The van der Waals surface area contributed by atoms with E-state index in [0.717, 1.165) is 62.6 Å². The number of rotatable bonds is 7. The molecule has 0 saturated carbocycles. The molecular formula is C20H33Cl2N3O4. The quantitative estimate of drug-likeness (QED) is 0.664. The van der Waals surface area contributed by atoms with E-state index in [4.69, 9.17) is 14.2 Å². The Bertz CT molecular complexity index is 634. The van der Waals surface area contributed by atoms with Crippen LogP contribution in [0.4, 0.5) is 5.69 Å². The van der Waals surface area contributed by atoms with Crippen molar-refractivity contribution in [1.29, 1.82) is 0 Å². The summed E-state index contributed by atoms with van der Waals surface area (Å²) in [6, 6.07) is 5.93. The molecule has 1 amide bonds. The maximum absolute atomic E-state index is 12.7. The number of nitrogens with one attached hydrogen (secondary N) is 2. The summed E-state index contributed by atoms with van der Waals surface area (Å²) < 4.78 is 16.3. The Balaban J connectivity index is 0.00000210. The molecule has 9 heteroatoms. The average Bonchev–Trinajstić information content (AvgIpc) is 3.21. The number of amides is 1. The van der Waals surface area contributed by atoms with Crippen LogP contribution in [0.2, 0.25) is 0 Å².